The maximum absolute atomic E-state index is 5.11. The molecule has 0 radical (unpaired) electrons. The summed E-state index contributed by atoms with van der Waals surface area (Å²) in [7, 11) is 1.72. The van der Waals surface area contributed by atoms with Crippen molar-refractivity contribution in [3.63, 3.8) is 0 Å². The van der Waals surface area contributed by atoms with Gasteiger partial charge in [-0.1, -0.05) is 13.8 Å². The molecule has 1 aromatic rings. The number of halogens is 1. The molecule has 104 valence electrons. The number of hydrogen-bond acceptors (Lipinski definition) is 3. The first kappa shape index (κ1) is 15.7. The molecule has 0 aliphatic carbocycles. The van der Waals surface area contributed by atoms with Gasteiger partial charge in [0.1, 0.15) is 0 Å². The maximum atomic E-state index is 5.11. The van der Waals surface area contributed by atoms with Crippen molar-refractivity contribution in [2.45, 2.75) is 39.2 Å². The third-order valence-corrected chi connectivity index (χ3v) is 3.60. The van der Waals surface area contributed by atoms with E-state index in [-0.39, 0.29) is 0 Å². The van der Waals surface area contributed by atoms with Crippen LogP contribution in [0.2, 0.25) is 0 Å². The van der Waals surface area contributed by atoms with E-state index in [1.807, 2.05) is 10.9 Å². The molecule has 1 unspecified atom stereocenters. The van der Waals surface area contributed by atoms with E-state index in [0.717, 1.165) is 30.5 Å². The molecule has 0 amide bonds. The van der Waals surface area contributed by atoms with Gasteiger partial charge in [-0.15, -0.1) is 0 Å². The van der Waals surface area contributed by atoms with E-state index in [0.29, 0.717) is 12.5 Å². The Hall–Kier alpha value is -0.390. The van der Waals surface area contributed by atoms with Crippen LogP contribution in [-0.2, 0) is 11.3 Å². The van der Waals surface area contributed by atoms with Crippen LogP contribution in [0.15, 0.2) is 10.7 Å². The quantitative estimate of drug-likeness (QED) is 0.712. The Labute approximate surface area is 118 Å². The third kappa shape index (κ3) is 4.71. The largest absolute Gasteiger partial charge is 0.383 e. The molecule has 1 aromatic heterocycles. The highest BCUT2D eigenvalue weighted by molar-refractivity contribution is 9.10. The van der Waals surface area contributed by atoms with Crippen LogP contribution < -0.4 is 5.32 Å². The Morgan fingerprint density at radius 2 is 2.28 bits per heavy atom. The van der Waals surface area contributed by atoms with Gasteiger partial charge in [-0.3, -0.25) is 4.68 Å². The lowest BCUT2D eigenvalue weighted by Gasteiger charge is -2.15. The fourth-order valence-corrected chi connectivity index (χ4v) is 2.66. The molecule has 5 heteroatoms. The molecule has 1 rings (SSSR count). The van der Waals surface area contributed by atoms with Gasteiger partial charge in [0.2, 0.25) is 0 Å². The third-order valence-electron chi connectivity index (χ3n) is 2.99. The van der Waals surface area contributed by atoms with Gasteiger partial charge < -0.3 is 10.1 Å². The molecule has 0 aliphatic rings. The summed E-state index contributed by atoms with van der Waals surface area (Å²) >= 11 is 3.59. The fourth-order valence-electron chi connectivity index (χ4n) is 1.97. The lowest BCUT2D eigenvalue weighted by atomic mass is 10.0. The number of nitrogens with one attached hydrogen (secondary N) is 1. The van der Waals surface area contributed by atoms with Crippen LogP contribution in [0, 0.1) is 0 Å². The highest BCUT2D eigenvalue weighted by Gasteiger charge is 2.15. The van der Waals surface area contributed by atoms with Crippen molar-refractivity contribution in [2.75, 3.05) is 26.8 Å². The predicted molar refractivity (Wildman–Crippen MR) is 78.0 cm³/mol. The standard InChI is InChI=1S/C13H24BrN3O/c1-4-6-15-7-5-11(2)13-12(14)10-16-17(13)8-9-18-3/h10-11,15H,4-9H2,1-3H3. The van der Waals surface area contributed by atoms with Gasteiger partial charge in [0.05, 0.1) is 29.5 Å². The number of methoxy groups -OCH3 is 1. The monoisotopic (exact) mass is 317 g/mol. The summed E-state index contributed by atoms with van der Waals surface area (Å²) in [6.07, 6.45) is 4.18. The topological polar surface area (TPSA) is 39.1 Å². The summed E-state index contributed by atoms with van der Waals surface area (Å²) in [6, 6.07) is 0. The molecule has 18 heavy (non-hydrogen) atoms. The average molecular weight is 318 g/mol. The molecule has 4 nitrogen and oxygen atoms in total. The number of aromatic nitrogens is 2. The van der Waals surface area contributed by atoms with Gasteiger partial charge in [-0.25, -0.2) is 0 Å². The molecule has 0 saturated carbocycles. The van der Waals surface area contributed by atoms with E-state index in [2.05, 4.69) is 40.2 Å². The summed E-state index contributed by atoms with van der Waals surface area (Å²) in [5.74, 6) is 0.489. The highest BCUT2D eigenvalue weighted by Crippen LogP contribution is 2.26. The summed E-state index contributed by atoms with van der Waals surface area (Å²) < 4.78 is 8.25. The summed E-state index contributed by atoms with van der Waals surface area (Å²) in [4.78, 5) is 0. The zero-order valence-corrected chi connectivity index (χ0v) is 13.2. The van der Waals surface area contributed by atoms with Crippen molar-refractivity contribution >= 4 is 15.9 Å². The second-order valence-electron chi connectivity index (χ2n) is 4.53. The van der Waals surface area contributed by atoms with Crippen molar-refractivity contribution in [3.05, 3.63) is 16.4 Å². The van der Waals surface area contributed by atoms with E-state index < -0.39 is 0 Å². The zero-order valence-electron chi connectivity index (χ0n) is 11.6. The van der Waals surface area contributed by atoms with Crippen LogP contribution in [0.3, 0.4) is 0 Å². The van der Waals surface area contributed by atoms with Crippen LogP contribution in [0.1, 0.15) is 38.3 Å². The Kier molecular flexibility index (Phi) is 7.54. The van der Waals surface area contributed by atoms with E-state index >= 15 is 0 Å². The molecule has 1 N–H and O–H groups in total. The minimum Gasteiger partial charge on any atom is -0.383 e. The van der Waals surface area contributed by atoms with Gasteiger partial charge in [-0.2, -0.15) is 5.10 Å². The van der Waals surface area contributed by atoms with Crippen molar-refractivity contribution in [2.24, 2.45) is 0 Å². The first-order valence-electron chi connectivity index (χ1n) is 6.61. The molecule has 0 bridgehead atoms. The van der Waals surface area contributed by atoms with Crippen LogP contribution in [0.25, 0.3) is 0 Å². The van der Waals surface area contributed by atoms with Crippen molar-refractivity contribution in [1.29, 1.82) is 0 Å². The number of hydrogen-bond donors (Lipinski definition) is 1. The highest BCUT2D eigenvalue weighted by atomic mass is 79.9. The van der Waals surface area contributed by atoms with E-state index in [9.17, 15) is 0 Å². The van der Waals surface area contributed by atoms with Gasteiger partial charge >= 0.3 is 0 Å². The predicted octanol–water partition coefficient (Wildman–Crippen LogP) is 2.79. The van der Waals surface area contributed by atoms with Crippen LogP contribution >= 0.6 is 15.9 Å². The van der Waals surface area contributed by atoms with Crippen molar-refractivity contribution in [1.82, 2.24) is 15.1 Å². The molecule has 1 heterocycles. The molecular formula is C13H24BrN3O. The minimum atomic E-state index is 0.489. The lowest BCUT2D eigenvalue weighted by Crippen LogP contribution is -2.19. The maximum Gasteiger partial charge on any atom is 0.0658 e. The van der Waals surface area contributed by atoms with Gasteiger partial charge in [0, 0.05) is 13.0 Å². The molecule has 0 aliphatic heterocycles. The normalized spacial score (nSPS) is 12.9. The number of nitrogens with zero attached hydrogens (tertiary/aromatic N) is 2. The zero-order chi connectivity index (χ0) is 13.4. The lowest BCUT2D eigenvalue weighted by molar-refractivity contribution is 0.182. The van der Waals surface area contributed by atoms with Crippen molar-refractivity contribution < 1.29 is 4.74 Å². The molecule has 0 spiro atoms. The van der Waals surface area contributed by atoms with Gasteiger partial charge in [-0.05, 0) is 41.9 Å². The molecule has 1 atom stereocenters. The number of ether oxygens (including phenoxy) is 1. The van der Waals surface area contributed by atoms with E-state index in [1.54, 1.807) is 7.11 Å². The van der Waals surface area contributed by atoms with E-state index in [1.165, 1.54) is 12.1 Å². The smallest absolute Gasteiger partial charge is 0.0658 e. The van der Waals surface area contributed by atoms with E-state index in [4.69, 9.17) is 4.74 Å². The summed E-state index contributed by atoms with van der Waals surface area (Å²) in [5, 5.41) is 7.83. The minimum absolute atomic E-state index is 0.489. The Bertz CT molecular complexity index is 341. The van der Waals surface area contributed by atoms with Crippen LogP contribution in [0.5, 0.6) is 0 Å². The van der Waals surface area contributed by atoms with Crippen LogP contribution in [0.4, 0.5) is 0 Å². The summed E-state index contributed by atoms with van der Waals surface area (Å²) in [6.45, 7) is 8.09. The average Bonchev–Trinajstić information content (AvgIpc) is 2.73. The van der Waals surface area contributed by atoms with Gasteiger partial charge in [0.15, 0.2) is 0 Å². The second kappa shape index (κ2) is 8.67. The van der Waals surface area contributed by atoms with Crippen LogP contribution in [-0.4, -0.2) is 36.6 Å². The summed E-state index contributed by atoms with van der Waals surface area (Å²) in [5.41, 5.74) is 1.27. The van der Waals surface area contributed by atoms with Crippen molar-refractivity contribution in [3.8, 4) is 0 Å². The molecule has 0 aromatic carbocycles. The number of rotatable bonds is 9. The van der Waals surface area contributed by atoms with Gasteiger partial charge in [0.25, 0.3) is 0 Å². The molecule has 0 fully saturated rings. The Balaban J connectivity index is 2.54. The SMILES string of the molecule is CCCNCCC(C)c1c(Br)cnn1CCOC. The molecular weight excluding hydrogens is 294 g/mol. The Morgan fingerprint density at radius 1 is 1.50 bits per heavy atom. The first-order valence-corrected chi connectivity index (χ1v) is 7.40. The fraction of sp³-hybridized carbons (Fsp3) is 0.769. The second-order valence-corrected chi connectivity index (χ2v) is 5.39. The Morgan fingerprint density at radius 3 is 2.94 bits per heavy atom. The first-order chi connectivity index (χ1) is 8.70. The molecule has 0 saturated heterocycles.